The first-order valence-electron chi connectivity index (χ1n) is 10.00. The van der Waals surface area contributed by atoms with Gasteiger partial charge in [0.2, 0.25) is 5.91 Å². The average Bonchev–Trinajstić information content (AvgIpc) is 2.77. The molecule has 2 aliphatic rings. The summed E-state index contributed by atoms with van der Waals surface area (Å²) < 4.78 is 0. The number of rotatable bonds is 3. The van der Waals surface area contributed by atoms with Crippen LogP contribution < -0.4 is 10.6 Å². The van der Waals surface area contributed by atoms with Crippen LogP contribution in [0.3, 0.4) is 0 Å². The van der Waals surface area contributed by atoms with Gasteiger partial charge in [0.05, 0.1) is 0 Å². The Morgan fingerprint density at radius 3 is 2.30 bits per heavy atom. The van der Waals surface area contributed by atoms with Crippen LogP contribution in [-0.4, -0.2) is 60.9 Å². The van der Waals surface area contributed by atoms with Crippen LogP contribution in [0.5, 0.6) is 0 Å². The molecule has 30 heavy (non-hydrogen) atoms. The summed E-state index contributed by atoms with van der Waals surface area (Å²) in [5.41, 5.74) is 9.89. The van der Waals surface area contributed by atoms with Crippen molar-refractivity contribution in [1.29, 1.82) is 0 Å². The van der Waals surface area contributed by atoms with Crippen LogP contribution >= 0.6 is 35.6 Å². The summed E-state index contributed by atoms with van der Waals surface area (Å²) in [6.07, 6.45) is 0.897. The summed E-state index contributed by atoms with van der Waals surface area (Å²) in [6.45, 7) is 4.77. The maximum atomic E-state index is 12.6. The number of fused-ring (bicyclic) bond motifs is 1. The Morgan fingerprint density at radius 1 is 0.933 bits per heavy atom. The molecule has 2 heterocycles. The molecule has 2 aromatic carbocycles. The van der Waals surface area contributed by atoms with E-state index in [-0.39, 0.29) is 36.4 Å². The predicted octanol–water partition coefficient (Wildman–Crippen LogP) is 2.98. The number of carbonyl (C=O) groups excluding carboxylic acids is 1. The molecule has 0 aromatic heterocycles. The topological polar surface area (TPSA) is 65.2 Å². The fourth-order valence-electron chi connectivity index (χ4n) is 3.90. The largest absolute Gasteiger partial charge is 0.370 e. The van der Waals surface area contributed by atoms with E-state index in [1.54, 1.807) is 0 Å². The lowest BCUT2D eigenvalue weighted by molar-refractivity contribution is -0.130. The normalized spacial score (nSPS) is 16.7. The fourth-order valence-corrected chi connectivity index (χ4v) is 4.03. The zero-order valence-corrected chi connectivity index (χ0v) is 19.9. The molecule has 0 bridgehead atoms. The first-order chi connectivity index (χ1) is 14.1. The van der Waals surface area contributed by atoms with Gasteiger partial charge in [0.25, 0.3) is 0 Å². The van der Waals surface area contributed by atoms with Crippen LogP contribution in [0, 0.1) is 0 Å². The first kappa shape index (κ1) is 22.7. The third kappa shape index (κ3) is 5.37. The predicted molar refractivity (Wildman–Crippen MR) is 133 cm³/mol. The highest BCUT2D eigenvalue weighted by Crippen LogP contribution is 2.20. The molecule has 1 amide bonds. The highest BCUT2D eigenvalue weighted by molar-refractivity contribution is 14.0. The Balaban J connectivity index is 0.00000256. The van der Waals surface area contributed by atoms with E-state index < -0.39 is 0 Å². The van der Waals surface area contributed by atoms with Crippen molar-refractivity contribution in [3.8, 4) is 0 Å². The summed E-state index contributed by atoms with van der Waals surface area (Å²) in [7, 11) is 0. The second-order valence-electron chi connectivity index (χ2n) is 7.46. The number of anilines is 1. The van der Waals surface area contributed by atoms with Crippen LogP contribution in [0.2, 0.25) is 5.02 Å². The van der Waals surface area contributed by atoms with Crippen molar-refractivity contribution in [2.24, 2.45) is 10.7 Å². The minimum atomic E-state index is 0. The van der Waals surface area contributed by atoms with Gasteiger partial charge in [-0.15, -0.1) is 24.0 Å². The van der Waals surface area contributed by atoms with Crippen LogP contribution in [0.1, 0.15) is 11.1 Å². The number of halogens is 2. The molecular weight excluding hydrogens is 513 g/mol. The van der Waals surface area contributed by atoms with Gasteiger partial charge in [0.15, 0.2) is 5.96 Å². The summed E-state index contributed by atoms with van der Waals surface area (Å²) in [4.78, 5) is 23.2. The molecular formula is C22H27ClIN5O. The zero-order valence-electron chi connectivity index (χ0n) is 16.8. The monoisotopic (exact) mass is 539 g/mol. The van der Waals surface area contributed by atoms with Gasteiger partial charge in [-0.3, -0.25) is 4.79 Å². The first-order valence-corrected chi connectivity index (χ1v) is 10.4. The molecule has 8 heteroatoms. The van der Waals surface area contributed by atoms with Gasteiger partial charge in [0, 0.05) is 50.0 Å². The number of guanidine groups is 1. The average molecular weight is 540 g/mol. The van der Waals surface area contributed by atoms with E-state index in [2.05, 4.69) is 22.0 Å². The van der Waals surface area contributed by atoms with Gasteiger partial charge >= 0.3 is 0 Å². The molecule has 1 fully saturated rings. The van der Waals surface area contributed by atoms with Gasteiger partial charge in [0.1, 0.15) is 6.54 Å². The summed E-state index contributed by atoms with van der Waals surface area (Å²) >= 11 is 5.97. The van der Waals surface area contributed by atoms with Gasteiger partial charge in [-0.05, 0) is 41.8 Å². The summed E-state index contributed by atoms with van der Waals surface area (Å²) in [6, 6.07) is 16.2. The molecule has 2 N–H and O–H groups in total. The Bertz CT molecular complexity index is 897. The maximum Gasteiger partial charge on any atom is 0.244 e. The number of benzene rings is 2. The number of aliphatic imine (C=N–C) groups is 1. The Labute approximate surface area is 199 Å². The second-order valence-corrected chi connectivity index (χ2v) is 7.90. The molecule has 6 nitrogen and oxygen atoms in total. The van der Waals surface area contributed by atoms with Crippen LogP contribution in [0.15, 0.2) is 53.5 Å². The van der Waals surface area contributed by atoms with Gasteiger partial charge in [-0.1, -0.05) is 35.9 Å². The number of carbonyl (C=O) groups is 1. The van der Waals surface area contributed by atoms with E-state index in [0.29, 0.717) is 12.5 Å². The molecule has 2 aromatic rings. The Kier molecular flexibility index (Phi) is 7.82. The lowest BCUT2D eigenvalue weighted by Gasteiger charge is -2.36. The Morgan fingerprint density at radius 2 is 1.60 bits per heavy atom. The minimum Gasteiger partial charge on any atom is -0.370 e. The van der Waals surface area contributed by atoms with Crippen molar-refractivity contribution in [2.75, 3.05) is 44.2 Å². The van der Waals surface area contributed by atoms with Crippen LogP contribution in [0.25, 0.3) is 0 Å². The van der Waals surface area contributed by atoms with E-state index in [1.165, 1.54) is 11.1 Å². The molecule has 0 unspecified atom stereocenters. The maximum absolute atomic E-state index is 12.6. The van der Waals surface area contributed by atoms with Gasteiger partial charge < -0.3 is 20.4 Å². The van der Waals surface area contributed by atoms with E-state index in [0.717, 1.165) is 49.9 Å². The van der Waals surface area contributed by atoms with Crippen molar-refractivity contribution in [1.82, 2.24) is 9.80 Å². The minimum absolute atomic E-state index is 0. The van der Waals surface area contributed by atoms with Crippen molar-refractivity contribution < 1.29 is 4.79 Å². The van der Waals surface area contributed by atoms with Crippen LogP contribution in [0.4, 0.5) is 5.69 Å². The number of amides is 1. The Hall–Kier alpha value is -2.00. The van der Waals surface area contributed by atoms with E-state index in [1.807, 2.05) is 46.2 Å². The molecule has 0 atom stereocenters. The number of piperazine rings is 1. The van der Waals surface area contributed by atoms with E-state index in [4.69, 9.17) is 17.3 Å². The smallest absolute Gasteiger partial charge is 0.244 e. The van der Waals surface area contributed by atoms with Crippen LogP contribution in [-0.2, 0) is 17.8 Å². The summed E-state index contributed by atoms with van der Waals surface area (Å²) in [5, 5.41) is 0.741. The highest BCUT2D eigenvalue weighted by Gasteiger charge is 2.21. The third-order valence-electron chi connectivity index (χ3n) is 5.66. The zero-order chi connectivity index (χ0) is 20.2. The van der Waals surface area contributed by atoms with E-state index >= 15 is 0 Å². The third-order valence-corrected chi connectivity index (χ3v) is 5.91. The second kappa shape index (κ2) is 10.3. The molecule has 2 aliphatic heterocycles. The van der Waals surface area contributed by atoms with Gasteiger partial charge in [-0.25, -0.2) is 4.99 Å². The fraction of sp³-hybridized carbons (Fsp3) is 0.364. The number of hydrogen-bond acceptors (Lipinski definition) is 3. The van der Waals surface area contributed by atoms with E-state index in [9.17, 15) is 4.79 Å². The molecule has 0 spiro atoms. The van der Waals surface area contributed by atoms with Crippen molar-refractivity contribution >= 4 is 53.1 Å². The SMILES string of the molecule is I.NC(=NCC(=O)N1CCc2ccccc2C1)N1CCN(c2ccc(Cl)cc2)CC1. The lowest BCUT2D eigenvalue weighted by atomic mass is 10.00. The highest BCUT2D eigenvalue weighted by atomic mass is 127. The van der Waals surface area contributed by atoms with Crippen molar-refractivity contribution in [3.63, 3.8) is 0 Å². The number of nitrogens with zero attached hydrogens (tertiary/aromatic N) is 4. The van der Waals surface area contributed by atoms with Crippen molar-refractivity contribution in [3.05, 3.63) is 64.7 Å². The van der Waals surface area contributed by atoms with Gasteiger partial charge in [-0.2, -0.15) is 0 Å². The molecule has 0 radical (unpaired) electrons. The quantitative estimate of drug-likeness (QED) is 0.370. The molecule has 0 saturated carbocycles. The number of hydrogen-bond donors (Lipinski definition) is 1. The molecule has 0 aliphatic carbocycles. The lowest BCUT2D eigenvalue weighted by Crippen LogP contribution is -2.51. The number of nitrogens with two attached hydrogens (primary N) is 1. The molecule has 4 rings (SSSR count). The molecule has 1 saturated heterocycles. The molecule has 160 valence electrons. The van der Waals surface area contributed by atoms with Crippen molar-refractivity contribution in [2.45, 2.75) is 13.0 Å². The standard InChI is InChI=1S/C22H26ClN5O.HI/c23-19-5-7-20(8-6-19)26-11-13-27(14-12-26)22(24)25-15-21(29)28-10-9-17-3-1-2-4-18(17)16-28;/h1-8H,9-16H2,(H2,24,25);1H. The summed E-state index contributed by atoms with van der Waals surface area (Å²) in [5.74, 6) is 0.480.